The lowest BCUT2D eigenvalue weighted by Crippen LogP contribution is -2.36. The number of rotatable bonds is 3. The first-order valence-electron chi connectivity index (χ1n) is 5.73. The monoisotopic (exact) mass is 239 g/mol. The van der Waals surface area contributed by atoms with Crippen molar-refractivity contribution in [3.8, 4) is 0 Å². The summed E-state index contributed by atoms with van der Waals surface area (Å²) in [5.74, 6) is -1.23. The van der Waals surface area contributed by atoms with Gasteiger partial charge in [-0.25, -0.2) is 8.78 Å². The third-order valence-electron chi connectivity index (χ3n) is 3.39. The van der Waals surface area contributed by atoms with Crippen LogP contribution < -0.4 is 0 Å². The lowest BCUT2D eigenvalue weighted by molar-refractivity contribution is 0.0722. The summed E-state index contributed by atoms with van der Waals surface area (Å²) in [5.41, 5.74) is -0.194. The fourth-order valence-electron chi connectivity index (χ4n) is 1.93. The van der Waals surface area contributed by atoms with Gasteiger partial charge in [0.15, 0.2) is 0 Å². The normalized spacial score (nSPS) is 16.7. The highest BCUT2D eigenvalue weighted by Gasteiger charge is 2.33. The molecule has 2 rings (SSSR count). The maximum atomic E-state index is 13.4. The second-order valence-corrected chi connectivity index (χ2v) is 4.62. The SMILES string of the molecule is CC(C1CC1)N(C)C(=O)c1cc(F)ccc1F. The highest BCUT2D eigenvalue weighted by atomic mass is 19.1. The van der Waals surface area contributed by atoms with Crippen molar-refractivity contribution in [1.82, 2.24) is 4.90 Å². The molecule has 0 saturated heterocycles. The zero-order valence-corrected chi connectivity index (χ0v) is 9.91. The van der Waals surface area contributed by atoms with Crippen LogP contribution in [0.2, 0.25) is 0 Å². The van der Waals surface area contributed by atoms with Crippen LogP contribution in [-0.4, -0.2) is 23.9 Å². The van der Waals surface area contributed by atoms with E-state index in [0.29, 0.717) is 5.92 Å². The maximum Gasteiger partial charge on any atom is 0.256 e. The molecule has 0 spiro atoms. The fraction of sp³-hybridized carbons (Fsp3) is 0.462. The van der Waals surface area contributed by atoms with Gasteiger partial charge in [0.1, 0.15) is 11.6 Å². The smallest absolute Gasteiger partial charge is 0.256 e. The molecule has 1 amide bonds. The Morgan fingerprint density at radius 3 is 2.65 bits per heavy atom. The predicted octanol–water partition coefficient (Wildman–Crippen LogP) is 2.84. The summed E-state index contributed by atoms with van der Waals surface area (Å²) < 4.78 is 26.5. The minimum atomic E-state index is -0.675. The van der Waals surface area contributed by atoms with Crippen molar-refractivity contribution >= 4 is 5.91 Å². The van der Waals surface area contributed by atoms with E-state index in [1.807, 2.05) is 6.92 Å². The van der Waals surface area contributed by atoms with E-state index in [2.05, 4.69) is 0 Å². The van der Waals surface area contributed by atoms with E-state index >= 15 is 0 Å². The van der Waals surface area contributed by atoms with Crippen LogP contribution in [0.1, 0.15) is 30.1 Å². The van der Waals surface area contributed by atoms with Gasteiger partial charge in [-0.05, 0) is 43.9 Å². The average molecular weight is 239 g/mol. The van der Waals surface area contributed by atoms with E-state index in [1.54, 1.807) is 7.05 Å². The molecule has 0 radical (unpaired) electrons. The molecule has 2 nitrogen and oxygen atoms in total. The zero-order chi connectivity index (χ0) is 12.6. The van der Waals surface area contributed by atoms with Crippen molar-refractivity contribution in [3.05, 3.63) is 35.4 Å². The lowest BCUT2D eigenvalue weighted by atomic mass is 10.1. The Kier molecular flexibility index (Phi) is 3.13. The number of benzene rings is 1. The van der Waals surface area contributed by atoms with Gasteiger partial charge >= 0.3 is 0 Å². The van der Waals surface area contributed by atoms with Crippen molar-refractivity contribution in [3.63, 3.8) is 0 Å². The van der Waals surface area contributed by atoms with Crippen LogP contribution in [0.4, 0.5) is 8.78 Å². The van der Waals surface area contributed by atoms with Crippen LogP contribution in [-0.2, 0) is 0 Å². The summed E-state index contributed by atoms with van der Waals surface area (Å²) >= 11 is 0. The lowest BCUT2D eigenvalue weighted by Gasteiger charge is -2.25. The average Bonchev–Trinajstić information content (AvgIpc) is 3.13. The Morgan fingerprint density at radius 1 is 1.41 bits per heavy atom. The van der Waals surface area contributed by atoms with Crippen LogP contribution in [0, 0.1) is 17.6 Å². The number of halogens is 2. The van der Waals surface area contributed by atoms with Gasteiger partial charge in [-0.2, -0.15) is 0 Å². The predicted molar refractivity (Wildman–Crippen MR) is 60.6 cm³/mol. The molecule has 17 heavy (non-hydrogen) atoms. The van der Waals surface area contributed by atoms with Crippen molar-refractivity contribution in [2.24, 2.45) is 5.92 Å². The topological polar surface area (TPSA) is 20.3 Å². The number of hydrogen-bond donors (Lipinski definition) is 0. The third-order valence-corrected chi connectivity index (χ3v) is 3.39. The van der Waals surface area contributed by atoms with Crippen LogP contribution in [0.5, 0.6) is 0 Å². The number of amides is 1. The minimum Gasteiger partial charge on any atom is -0.339 e. The Labute approximate surface area is 99.2 Å². The molecule has 0 bridgehead atoms. The minimum absolute atomic E-state index is 0.0742. The molecule has 1 unspecified atom stereocenters. The van der Waals surface area contributed by atoms with Crippen molar-refractivity contribution < 1.29 is 13.6 Å². The molecule has 1 atom stereocenters. The summed E-state index contributed by atoms with van der Waals surface area (Å²) in [6, 6.07) is 3.02. The first-order valence-corrected chi connectivity index (χ1v) is 5.73. The molecule has 1 saturated carbocycles. The van der Waals surface area contributed by atoms with Crippen molar-refractivity contribution in [2.75, 3.05) is 7.05 Å². The highest BCUT2D eigenvalue weighted by Crippen LogP contribution is 2.35. The van der Waals surface area contributed by atoms with E-state index in [4.69, 9.17) is 0 Å². The molecule has 0 aromatic heterocycles. The first-order chi connectivity index (χ1) is 8.00. The molecule has 1 aliphatic carbocycles. The van der Waals surface area contributed by atoms with E-state index in [-0.39, 0.29) is 11.6 Å². The van der Waals surface area contributed by atoms with E-state index in [9.17, 15) is 13.6 Å². The van der Waals surface area contributed by atoms with Gasteiger partial charge < -0.3 is 4.90 Å². The van der Waals surface area contributed by atoms with Gasteiger partial charge in [0, 0.05) is 13.1 Å². The second-order valence-electron chi connectivity index (χ2n) is 4.62. The summed E-state index contributed by atoms with van der Waals surface area (Å²) in [7, 11) is 1.63. The fourth-order valence-corrected chi connectivity index (χ4v) is 1.93. The molecule has 0 heterocycles. The number of hydrogen-bond acceptors (Lipinski definition) is 1. The summed E-state index contributed by atoms with van der Waals surface area (Å²) in [6.45, 7) is 1.94. The standard InChI is InChI=1S/C13H15F2NO/c1-8(9-3-4-9)16(2)13(17)11-7-10(14)5-6-12(11)15/h5-9H,3-4H2,1-2H3. The highest BCUT2D eigenvalue weighted by molar-refractivity contribution is 5.94. The van der Waals surface area contributed by atoms with E-state index < -0.39 is 17.5 Å². The van der Waals surface area contributed by atoms with Crippen LogP contribution in [0.25, 0.3) is 0 Å². The van der Waals surface area contributed by atoms with Gasteiger partial charge in [-0.3, -0.25) is 4.79 Å². The number of carbonyl (C=O) groups excluding carboxylic acids is 1. The zero-order valence-electron chi connectivity index (χ0n) is 9.91. The van der Waals surface area contributed by atoms with Gasteiger partial charge in [0.2, 0.25) is 0 Å². The second kappa shape index (κ2) is 4.43. The third kappa shape index (κ3) is 2.46. The van der Waals surface area contributed by atoms with Gasteiger partial charge in [-0.1, -0.05) is 0 Å². The first kappa shape index (κ1) is 12.0. The molecule has 1 aromatic rings. The van der Waals surface area contributed by atoms with Crippen LogP contribution in [0.3, 0.4) is 0 Å². The maximum absolute atomic E-state index is 13.4. The van der Waals surface area contributed by atoms with Crippen molar-refractivity contribution in [1.29, 1.82) is 0 Å². The van der Waals surface area contributed by atoms with Crippen LogP contribution in [0.15, 0.2) is 18.2 Å². The van der Waals surface area contributed by atoms with Gasteiger partial charge in [0.25, 0.3) is 5.91 Å². The Bertz CT molecular complexity index is 443. The number of carbonyl (C=O) groups is 1. The molecule has 1 fully saturated rings. The Balaban J connectivity index is 2.20. The molecular weight excluding hydrogens is 224 g/mol. The summed E-state index contributed by atoms with van der Waals surface area (Å²) in [6.07, 6.45) is 2.20. The Hall–Kier alpha value is -1.45. The van der Waals surface area contributed by atoms with E-state index in [0.717, 1.165) is 31.0 Å². The van der Waals surface area contributed by atoms with Gasteiger partial charge in [-0.15, -0.1) is 0 Å². The molecule has 1 aromatic carbocycles. The summed E-state index contributed by atoms with van der Waals surface area (Å²) in [4.78, 5) is 13.5. The molecule has 0 N–H and O–H groups in total. The molecule has 4 heteroatoms. The molecule has 1 aliphatic rings. The molecular formula is C13H15F2NO. The number of nitrogens with zero attached hydrogens (tertiary/aromatic N) is 1. The van der Waals surface area contributed by atoms with Gasteiger partial charge in [0.05, 0.1) is 5.56 Å². The molecule has 92 valence electrons. The summed E-state index contributed by atoms with van der Waals surface area (Å²) in [5, 5.41) is 0. The molecule has 0 aliphatic heterocycles. The quantitative estimate of drug-likeness (QED) is 0.794. The Morgan fingerprint density at radius 2 is 2.06 bits per heavy atom. The van der Waals surface area contributed by atoms with Crippen molar-refractivity contribution in [2.45, 2.75) is 25.8 Å². The van der Waals surface area contributed by atoms with E-state index in [1.165, 1.54) is 4.90 Å². The largest absolute Gasteiger partial charge is 0.339 e. The van der Waals surface area contributed by atoms with Crippen LogP contribution >= 0.6 is 0 Å².